The van der Waals surface area contributed by atoms with Crippen LogP contribution >= 0.6 is 0 Å². The molecule has 3 rings (SSSR count). The number of hydrogen-bond acceptors (Lipinski definition) is 16. The van der Waals surface area contributed by atoms with Crippen LogP contribution in [0.1, 0.15) is 19.3 Å². The zero-order valence-corrected chi connectivity index (χ0v) is 21.5. The summed E-state index contributed by atoms with van der Waals surface area (Å²) in [4.78, 5) is 12.6. The number of amides is 1. The Morgan fingerprint density at radius 3 is 2.18 bits per heavy atom. The van der Waals surface area contributed by atoms with E-state index in [1.165, 1.54) is 0 Å². The molecule has 17 heteroatoms. The summed E-state index contributed by atoms with van der Waals surface area (Å²) in [5, 5.41) is 65.3. The predicted octanol–water partition coefficient (Wildman–Crippen LogP) is -7.43. The molecule has 1 amide bonds. The molecule has 15 atom stereocenters. The highest BCUT2D eigenvalue weighted by molar-refractivity contribution is 5.81. The molecule has 2 aliphatic heterocycles. The van der Waals surface area contributed by atoms with Gasteiger partial charge in [0.2, 0.25) is 5.91 Å². The largest absolute Gasteiger partial charge is 0.394 e. The molecule has 0 aromatic heterocycles. The van der Waals surface area contributed by atoms with Gasteiger partial charge in [-0.3, -0.25) is 4.79 Å². The van der Waals surface area contributed by atoms with Crippen molar-refractivity contribution in [3.8, 4) is 0 Å². The molecule has 1 saturated carbocycles. The van der Waals surface area contributed by atoms with Crippen LogP contribution in [-0.2, 0) is 23.7 Å². The van der Waals surface area contributed by atoms with Crippen molar-refractivity contribution in [1.82, 2.24) is 5.32 Å². The van der Waals surface area contributed by atoms with Crippen molar-refractivity contribution < 1.29 is 54.4 Å². The Labute approximate surface area is 225 Å². The van der Waals surface area contributed by atoms with E-state index in [9.17, 15) is 35.4 Å². The summed E-state index contributed by atoms with van der Waals surface area (Å²) in [5.41, 5.74) is 29.4. The van der Waals surface area contributed by atoms with Gasteiger partial charge in [0.15, 0.2) is 12.6 Å². The summed E-state index contributed by atoms with van der Waals surface area (Å²) in [5.74, 6) is -0.925. The van der Waals surface area contributed by atoms with Gasteiger partial charge in [-0.25, -0.2) is 0 Å². The molecular weight excluding hydrogens is 524 g/mol. The molecule has 3 aliphatic rings. The Morgan fingerprint density at radius 2 is 1.56 bits per heavy atom. The van der Waals surface area contributed by atoms with E-state index in [1.54, 1.807) is 0 Å². The lowest BCUT2D eigenvalue weighted by Gasteiger charge is -2.50. The number of rotatable bonds is 10. The molecule has 0 aromatic rings. The Bertz CT molecular complexity index is 787. The fourth-order valence-electron chi connectivity index (χ4n) is 5.03. The van der Waals surface area contributed by atoms with Crippen LogP contribution < -0.4 is 34.0 Å². The van der Waals surface area contributed by atoms with E-state index in [-0.39, 0.29) is 25.6 Å². The third kappa shape index (κ3) is 7.21. The van der Waals surface area contributed by atoms with Gasteiger partial charge in [-0.2, -0.15) is 0 Å². The fraction of sp³-hybridized carbons (Fsp3) is 0.955. The molecule has 0 aromatic carbocycles. The fourth-order valence-corrected chi connectivity index (χ4v) is 5.03. The molecule has 17 N–H and O–H groups in total. The molecule has 0 radical (unpaired) electrons. The summed E-state index contributed by atoms with van der Waals surface area (Å²) in [7, 11) is 0. The third-order valence-corrected chi connectivity index (χ3v) is 7.50. The molecule has 0 spiro atoms. The maximum absolute atomic E-state index is 12.6. The Morgan fingerprint density at radius 1 is 0.897 bits per heavy atom. The molecule has 1 aliphatic carbocycles. The maximum atomic E-state index is 12.6. The second kappa shape index (κ2) is 14.2. The number of carbonyl (C=O) groups excluding carboxylic acids is 1. The molecule has 0 bridgehead atoms. The highest BCUT2D eigenvalue weighted by Crippen LogP contribution is 2.31. The van der Waals surface area contributed by atoms with E-state index in [0.29, 0.717) is 12.8 Å². The van der Waals surface area contributed by atoms with Gasteiger partial charge in [0.1, 0.15) is 42.7 Å². The zero-order valence-electron chi connectivity index (χ0n) is 21.5. The van der Waals surface area contributed by atoms with Crippen molar-refractivity contribution in [2.24, 2.45) is 28.7 Å². The summed E-state index contributed by atoms with van der Waals surface area (Å²) < 4.78 is 23.0. The lowest BCUT2D eigenvalue weighted by Crippen LogP contribution is -2.74. The number of ether oxygens (including phenoxy) is 4. The Kier molecular flexibility index (Phi) is 11.8. The maximum Gasteiger partial charge on any atom is 0.249 e. The van der Waals surface area contributed by atoms with Gasteiger partial charge in [0.25, 0.3) is 0 Å². The quantitative estimate of drug-likeness (QED) is 0.116. The first-order chi connectivity index (χ1) is 18.4. The summed E-state index contributed by atoms with van der Waals surface area (Å²) >= 11 is 0. The lowest BCUT2D eigenvalue weighted by molar-refractivity contribution is -0.319. The van der Waals surface area contributed by atoms with Crippen LogP contribution in [0.2, 0.25) is 0 Å². The molecule has 39 heavy (non-hydrogen) atoms. The predicted molar refractivity (Wildman–Crippen MR) is 132 cm³/mol. The van der Waals surface area contributed by atoms with Gasteiger partial charge >= 0.3 is 0 Å². The first-order valence-electron chi connectivity index (χ1n) is 13.0. The monoisotopic (exact) mass is 568 g/mol. The number of carbonyl (C=O) groups is 1. The summed E-state index contributed by atoms with van der Waals surface area (Å²) in [6.07, 6.45) is -14.1. The average Bonchev–Trinajstić information content (AvgIpc) is 2.92. The smallest absolute Gasteiger partial charge is 0.249 e. The minimum absolute atomic E-state index is 0.00387. The van der Waals surface area contributed by atoms with Gasteiger partial charge in [-0.1, -0.05) is 0 Å². The van der Waals surface area contributed by atoms with Crippen LogP contribution in [0.25, 0.3) is 0 Å². The highest BCUT2D eigenvalue weighted by Gasteiger charge is 2.54. The van der Waals surface area contributed by atoms with E-state index in [0.717, 1.165) is 0 Å². The van der Waals surface area contributed by atoms with Crippen molar-refractivity contribution in [3.63, 3.8) is 0 Å². The third-order valence-electron chi connectivity index (χ3n) is 7.50. The number of nitrogens with one attached hydrogen (secondary N) is 1. The van der Waals surface area contributed by atoms with Gasteiger partial charge in [0, 0.05) is 6.54 Å². The topological polar surface area (TPSA) is 317 Å². The summed E-state index contributed by atoms with van der Waals surface area (Å²) in [6.45, 7) is -0.469. The van der Waals surface area contributed by atoms with E-state index < -0.39 is 98.1 Å². The summed E-state index contributed by atoms with van der Waals surface area (Å²) in [6, 6.07) is -4.65. The molecule has 3 fully saturated rings. The van der Waals surface area contributed by atoms with Gasteiger partial charge in [-0.05, 0) is 25.8 Å². The van der Waals surface area contributed by atoms with Crippen LogP contribution in [0.15, 0.2) is 0 Å². The first kappa shape index (κ1) is 32.4. The average molecular weight is 569 g/mol. The van der Waals surface area contributed by atoms with E-state index in [2.05, 4.69) is 5.32 Å². The number of hydrogen-bond donors (Lipinski definition) is 12. The first-order valence-corrected chi connectivity index (χ1v) is 13.0. The van der Waals surface area contributed by atoms with Crippen LogP contribution in [0, 0.1) is 0 Å². The molecule has 17 nitrogen and oxygen atoms in total. The standard InChI is InChI=1S/C22H44N6O11/c23-4-3-9(30)20(35)28-13-15(32)12(27)18(38-21-8(25)2-1-7(5-24)36-21)17(34)19(13)39-22-16(33)11(26)14(31)10(6-29)37-22/h7-19,21-22,29-34H,1-6,23-27H2,(H,28,35)/t7-,8?,9+,10?,11-,12-,13+,14-,15?,16?,17?,18?,19+,21-,22-/m0/s1. The van der Waals surface area contributed by atoms with Crippen molar-refractivity contribution in [2.45, 2.75) is 111 Å². The Balaban J connectivity index is 1.88. The zero-order chi connectivity index (χ0) is 29.0. The van der Waals surface area contributed by atoms with Crippen molar-refractivity contribution in [1.29, 1.82) is 0 Å². The van der Waals surface area contributed by atoms with Crippen molar-refractivity contribution in [3.05, 3.63) is 0 Å². The normalized spacial score (nSPS) is 46.0. The number of aliphatic hydroxyl groups excluding tert-OH is 6. The SMILES string of the molecule is NCC[C@@H](O)C(=O)N[C@@H]1C(O)[C@H](N)C(O[C@@H]2O[C@H](CN)CCC2N)C(O)[C@@H]1O[C@@H]1OC(CO)[C@H](O)[C@H](N)C1O. The van der Waals surface area contributed by atoms with Crippen molar-refractivity contribution in [2.75, 3.05) is 19.7 Å². The van der Waals surface area contributed by atoms with E-state index in [1.807, 2.05) is 0 Å². The highest BCUT2D eigenvalue weighted by atomic mass is 16.7. The van der Waals surface area contributed by atoms with E-state index in [4.69, 9.17) is 47.6 Å². The minimum Gasteiger partial charge on any atom is -0.394 e. The molecule has 6 unspecified atom stereocenters. The molecular formula is C22H44N6O11. The van der Waals surface area contributed by atoms with Gasteiger partial charge in [-0.15, -0.1) is 0 Å². The second-order valence-corrected chi connectivity index (χ2v) is 10.3. The molecule has 228 valence electrons. The number of nitrogens with two attached hydrogens (primary N) is 5. The Hall–Kier alpha value is -1.13. The van der Waals surface area contributed by atoms with Crippen LogP contribution in [0.4, 0.5) is 0 Å². The van der Waals surface area contributed by atoms with Gasteiger partial charge < -0.3 is 83.6 Å². The lowest BCUT2D eigenvalue weighted by atomic mass is 9.81. The van der Waals surface area contributed by atoms with Gasteiger partial charge in [0.05, 0.1) is 43.0 Å². The van der Waals surface area contributed by atoms with E-state index >= 15 is 0 Å². The number of aliphatic hydroxyl groups is 6. The van der Waals surface area contributed by atoms with Crippen LogP contribution in [-0.4, -0.2) is 148 Å². The van der Waals surface area contributed by atoms with Crippen LogP contribution in [0.5, 0.6) is 0 Å². The minimum atomic E-state index is -1.68. The van der Waals surface area contributed by atoms with Crippen LogP contribution in [0.3, 0.4) is 0 Å². The molecule has 2 heterocycles. The molecule has 2 saturated heterocycles. The second-order valence-electron chi connectivity index (χ2n) is 10.3. The van der Waals surface area contributed by atoms with Crippen molar-refractivity contribution >= 4 is 5.91 Å².